The Balaban J connectivity index is 4.14. The molecule has 0 saturated heterocycles. The maximum absolute atomic E-state index is 12.9. The lowest BCUT2D eigenvalue weighted by Crippen LogP contribution is -2.40. The maximum atomic E-state index is 12.9. The minimum Gasteiger partial charge on any atom is -0.477 e. The number of hydrogen-bond acceptors (Lipinski definition) is 7. The van der Waals surface area contributed by atoms with Gasteiger partial charge in [0.05, 0.1) is 34.4 Å². The topological polar surface area (TPSA) is 108 Å². The van der Waals surface area contributed by atoms with E-state index in [1.807, 2.05) is 21.1 Å². The predicted molar refractivity (Wildman–Crippen MR) is 355 cm³/mol. The first-order valence-electron chi connectivity index (χ1n) is 34.4. The van der Waals surface area contributed by atoms with Crippen LogP contribution in [0.25, 0.3) is 0 Å². The first-order valence-corrected chi connectivity index (χ1v) is 34.4. The van der Waals surface area contributed by atoms with Crippen molar-refractivity contribution >= 4 is 17.9 Å². The monoisotopic (exact) mass is 1160 g/mol. The predicted octanol–water partition coefficient (Wildman–Crippen LogP) is 21.2. The molecule has 0 aromatic rings. The molecule has 0 bridgehead atoms. The fraction of sp³-hybridized carbons (Fsp3) is 0.743. The van der Waals surface area contributed by atoms with Crippen molar-refractivity contribution in [3.63, 3.8) is 0 Å². The maximum Gasteiger partial charge on any atom is 0.361 e. The summed E-state index contributed by atoms with van der Waals surface area (Å²) in [4.78, 5) is 37.6. The highest BCUT2D eigenvalue weighted by molar-refractivity contribution is 5.71. The van der Waals surface area contributed by atoms with Crippen molar-refractivity contribution in [1.82, 2.24) is 0 Å². The van der Waals surface area contributed by atoms with Gasteiger partial charge in [-0.15, -0.1) is 0 Å². The zero-order valence-corrected chi connectivity index (χ0v) is 54.6. The van der Waals surface area contributed by atoms with Crippen LogP contribution >= 0.6 is 0 Å². The quantitative estimate of drug-likeness (QED) is 0.0211. The fourth-order valence-corrected chi connectivity index (χ4v) is 9.58. The number of unbranched alkanes of at least 4 members (excludes halogenated alkanes) is 32. The lowest BCUT2D eigenvalue weighted by atomic mass is 10.0. The molecule has 1 N–H and O–H groups in total. The highest BCUT2D eigenvalue weighted by atomic mass is 16.7. The van der Waals surface area contributed by atoms with Gasteiger partial charge < -0.3 is 28.5 Å². The molecule has 0 amide bonds. The lowest BCUT2D eigenvalue weighted by Gasteiger charge is -2.25. The van der Waals surface area contributed by atoms with Crippen molar-refractivity contribution in [3.8, 4) is 0 Å². The van der Waals surface area contributed by atoms with Gasteiger partial charge in [-0.2, -0.15) is 0 Å². The van der Waals surface area contributed by atoms with Crippen LogP contribution < -0.4 is 0 Å². The van der Waals surface area contributed by atoms with Gasteiger partial charge in [-0.3, -0.25) is 9.59 Å². The molecule has 9 nitrogen and oxygen atoms in total. The Morgan fingerprint density at radius 2 is 0.687 bits per heavy atom. The van der Waals surface area contributed by atoms with Crippen molar-refractivity contribution in [2.24, 2.45) is 0 Å². The number of hydrogen-bond donors (Lipinski definition) is 1. The second-order valence-corrected chi connectivity index (χ2v) is 24.1. The summed E-state index contributed by atoms with van der Waals surface area (Å²) in [5.41, 5.74) is 0. The van der Waals surface area contributed by atoms with Gasteiger partial charge >= 0.3 is 17.9 Å². The number of ether oxygens (including phenoxy) is 4. The molecule has 0 fully saturated rings. The van der Waals surface area contributed by atoms with E-state index < -0.39 is 24.3 Å². The van der Waals surface area contributed by atoms with E-state index in [0.717, 1.165) is 83.5 Å². The first kappa shape index (κ1) is 79.2. The fourth-order valence-electron chi connectivity index (χ4n) is 9.58. The Kier molecular flexibility index (Phi) is 61.3. The van der Waals surface area contributed by atoms with Gasteiger partial charge in [0.25, 0.3) is 6.29 Å². The molecule has 478 valence electrons. The Morgan fingerprint density at radius 1 is 0.373 bits per heavy atom. The van der Waals surface area contributed by atoms with E-state index in [1.54, 1.807) is 0 Å². The van der Waals surface area contributed by atoms with Gasteiger partial charge in [-0.05, 0) is 96.3 Å². The van der Waals surface area contributed by atoms with Crippen molar-refractivity contribution in [2.45, 2.75) is 309 Å². The Morgan fingerprint density at radius 3 is 1.02 bits per heavy atom. The summed E-state index contributed by atoms with van der Waals surface area (Å²) >= 11 is 0. The molecule has 0 rings (SSSR count). The normalized spacial score (nSPS) is 13.3. The summed E-state index contributed by atoms with van der Waals surface area (Å²) in [5.74, 6) is -2.00. The molecule has 83 heavy (non-hydrogen) atoms. The second-order valence-electron chi connectivity index (χ2n) is 24.1. The molecule has 2 atom stereocenters. The number of carbonyl (C=O) groups is 3. The van der Waals surface area contributed by atoms with E-state index >= 15 is 0 Å². The van der Waals surface area contributed by atoms with Crippen molar-refractivity contribution in [1.29, 1.82) is 0 Å². The van der Waals surface area contributed by atoms with Crippen LogP contribution in [0.5, 0.6) is 0 Å². The summed E-state index contributed by atoms with van der Waals surface area (Å²) in [6, 6.07) is 0. The summed E-state index contributed by atoms with van der Waals surface area (Å²) in [6.45, 7) is 4.78. The van der Waals surface area contributed by atoms with Crippen LogP contribution in [-0.4, -0.2) is 87.4 Å². The Bertz CT molecular complexity index is 1680. The molecule has 0 aromatic carbocycles. The number of carbonyl (C=O) groups excluding carboxylic acids is 2. The molecule has 0 aromatic heterocycles. The third kappa shape index (κ3) is 65.6. The molecular weight excluding hydrogens is 1030 g/mol. The molecule has 2 unspecified atom stereocenters. The minimum atomic E-state index is -1.52. The van der Waals surface area contributed by atoms with Gasteiger partial charge in [-0.25, -0.2) is 4.79 Å². The summed E-state index contributed by atoms with van der Waals surface area (Å²) < 4.78 is 23.0. The lowest BCUT2D eigenvalue weighted by molar-refractivity contribution is -0.870. The van der Waals surface area contributed by atoms with Crippen LogP contribution in [0.2, 0.25) is 0 Å². The average Bonchev–Trinajstić information content (AvgIpc) is 3.46. The van der Waals surface area contributed by atoms with Crippen LogP contribution in [0.15, 0.2) is 97.2 Å². The number of carboxylic acid groups (broad SMARTS) is 1. The summed E-state index contributed by atoms with van der Waals surface area (Å²) in [5, 5.41) is 9.75. The molecule has 0 aliphatic heterocycles. The van der Waals surface area contributed by atoms with Crippen LogP contribution in [-0.2, 0) is 33.3 Å². The highest BCUT2D eigenvalue weighted by Gasteiger charge is 2.25. The standard InChI is InChI=1S/C74H129NO8/c1-6-8-10-12-14-16-18-20-22-24-26-28-30-32-34-36-38-40-42-44-46-48-50-52-54-56-58-60-62-64-71(76)81-68-70(69-82-74(73(78)79)80-67-66-75(3,4)5)83-72(77)65-63-61-59-57-55-53-51-49-47-45-43-41-39-37-35-33-31-29-27-25-23-21-19-17-15-13-11-9-7-2/h9,11,15,17-18,20-21,23-24,26-27,29-30,32-33,35,70,74H,6-8,10,12-14,16,19,22,25,28,31,34,36-69H2,1-5H3/p+1/b11-9-,17-15-,20-18-,23-21-,26-24-,29-27-,32-30-,35-33-. The number of likely N-dealkylation sites (N-methyl/N-ethyl adjacent to an activating group) is 1. The molecular formula is C74H130NO8+. The second kappa shape index (κ2) is 64.2. The van der Waals surface area contributed by atoms with E-state index in [2.05, 4.69) is 111 Å². The molecule has 9 heteroatoms. The van der Waals surface area contributed by atoms with Crippen molar-refractivity contribution in [3.05, 3.63) is 97.2 Å². The molecule has 0 heterocycles. The number of nitrogens with zero attached hydrogens (tertiary/aromatic N) is 1. The van der Waals surface area contributed by atoms with Crippen LogP contribution in [0.1, 0.15) is 296 Å². The smallest absolute Gasteiger partial charge is 0.361 e. The summed E-state index contributed by atoms with van der Waals surface area (Å²) in [7, 11) is 5.98. The van der Waals surface area contributed by atoms with Gasteiger partial charge in [0.1, 0.15) is 13.2 Å². The number of carboxylic acids is 1. The van der Waals surface area contributed by atoms with Crippen molar-refractivity contribution in [2.75, 3.05) is 47.5 Å². The van der Waals surface area contributed by atoms with E-state index in [9.17, 15) is 19.5 Å². The third-order valence-electron chi connectivity index (χ3n) is 14.8. The number of allylic oxidation sites excluding steroid dienone is 16. The van der Waals surface area contributed by atoms with Gasteiger partial charge in [0.2, 0.25) is 0 Å². The third-order valence-corrected chi connectivity index (χ3v) is 14.8. The van der Waals surface area contributed by atoms with E-state index in [-0.39, 0.29) is 32.2 Å². The SMILES string of the molecule is CC/C=C\C/C=C\C/C=C\C/C=C\C/C=C\CCCCCCCCCCCCCCCC(=O)OC(COC(=O)CCCCCCCCCCCCCCCC/C=C\C/C=C\C/C=C\CCCCCCC)COC(OCC[N+](C)(C)C)C(=O)O. The first-order chi connectivity index (χ1) is 40.6. The van der Waals surface area contributed by atoms with E-state index in [1.165, 1.54) is 186 Å². The van der Waals surface area contributed by atoms with Gasteiger partial charge in [0, 0.05) is 12.8 Å². The van der Waals surface area contributed by atoms with Crippen LogP contribution in [0.3, 0.4) is 0 Å². The Labute approximate surface area is 512 Å². The summed E-state index contributed by atoms with van der Waals surface area (Å²) in [6.07, 6.45) is 85.1. The van der Waals surface area contributed by atoms with Gasteiger partial charge in [0.15, 0.2) is 6.10 Å². The zero-order valence-electron chi connectivity index (χ0n) is 54.6. The number of rotatable bonds is 63. The van der Waals surface area contributed by atoms with Crippen molar-refractivity contribution < 1.29 is 42.9 Å². The molecule has 0 aliphatic carbocycles. The zero-order chi connectivity index (χ0) is 60.5. The highest BCUT2D eigenvalue weighted by Crippen LogP contribution is 2.17. The Hall–Kier alpha value is -3.79. The molecule has 0 aliphatic rings. The minimum absolute atomic E-state index is 0.184. The molecule has 0 radical (unpaired) electrons. The molecule has 0 spiro atoms. The molecule has 0 saturated carbocycles. The average molecular weight is 1160 g/mol. The number of aliphatic carboxylic acids is 1. The van der Waals surface area contributed by atoms with E-state index in [0.29, 0.717) is 17.4 Å². The number of quaternary nitrogens is 1. The van der Waals surface area contributed by atoms with Crippen LogP contribution in [0, 0.1) is 0 Å². The van der Waals surface area contributed by atoms with Crippen LogP contribution in [0.4, 0.5) is 0 Å². The van der Waals surface area contributed by atoms with E-state index in [4.69, 9.17) is 18.9 Å². The number of esters is 2. The van der Waals surface area contributed by atoms with Gasteiger partial charge in [-0.1, -0.05) is 284 Å². The largest absolute Gasteiger partial charge is 0.477 e.